The Bertz CT molecular complexity index is 953. The number of nitrogens with one attached hydrogen (secondary N) is 1. The third-order valence-corrected chi connectivity index (χ3v) is 6.04. The minimum absolute atomic E-state index is 0. The molecule has 0 bridgehead atoms. The molecule has 5 nitrogen and oxygen atoms in total. The van der Waals surface area contributed by atoms with Crippen molar-refractivity contribution in [2.24, 2.45) is 0 Å². The van der Waals surface area contributed by atoms with Crippen LogP contribution in [0, 0.1) is 12.7 Å². The number of aromatic nitrogens is 2. The summed E-state index contributed by atoms with van der Waals surface area (Å²) in [5.41, 5.74) is 1.66. The second-order valence-electron chi connectivity index (χ2n) is 6.68. The van der Waals surface area contributed by atoms with E-state index in [-0.39, 0.29) is 24.1 Å². The second kappa shape index (κ2) is 7.96. The number of aryl methyl sites for hydroxylation is 1. The van der Waals surface area contributed by atoms with Crippen molar-refractivity contribution >= 4 is 39.9 Å². The number of benzene rings is 1. The molecule has 0 spiro atoms. The van der Waals surface area contributed by atoms with Gasteiger partial charge in [0.05, 0.1) is 16.3 Å². The maximum atomic E-state index is 13.2. The Balaban J connectivity index is 0.00000210. The topological polar surface area (TPSA) is 50.2 Å². The molecule has 4 rings (SSSR count). The lowest BCUT2D eigenvalue weighted by Crippen LogP contribution is -2.46. The van der Waals surface area contributed by atoms with Gasteiger partial charge < -0.3 is 10.2 Å². The van der Waals surface area contributed by atoms with Crippen LogP contribution in [0.1, 0.15) is 28.2 Å². The molecule has 27 heavy (non-hydrogen) atoms. The van der Waals surface area contributed by atoms with E-state index in [2.05, 4.69) is 10.4 Å². The van der Waals surface area contributed by atoms with E-state index in [1.807, 2.05) is 24.9 Å². The third-order valence-electron chi connectivity index (χ3n) is 4.94. The quantitative estimate of drug-likeness (QED) is 0.717. The van der Waals surface area contributed by atoms with Crippen molar-refractivity contribution in [2.75, 3.05) is 20.1 Å². The van der Waals surface area contributed by atoms with E-state index in [0.717, 1.165) is 52.4 Å². The molecule has 3 heterocycles. The van der Waals surface area contributed by atoms with Crippen LogP contribution in [0.2, 0.25) is 0 Å². The number of likely N-dealkylation sites (tertiary alicyclic amines) is 1. The molecule has 8 heteroatoms. The first-order valence-electron chi connectivity index (χ1n) is 8.78. The summed E-state index contributed by atoms with van der Waals surface area (Å²) in [6.45, 7) is 3.47. The van der Waals surface area contributed by atoms with Crippen molar-refractivity contribution in [3.8, 4) is 5.69 Å². The largest absolute Gasteiger partial charge is 0.336 e. The number of likely N-dealkylation sites (N-methyl/N-ethyl adjacent to an activating group) is 1. The van der Waals surface area contributed by atoms with Gasteiger partial charge in [0, 0.05) is 24.5 Å². The normalized spacial score (nSPS) is 17.1. The molecule has 3 aromatic rings. The highest BCUT2D eigenvalue weighted by Gasteiger charge is 2.26. The zero-order valence-corrected chi connectivity index (χ0v) is 16.9. The van der Waals surface area contributed by atoms with Gasteiger partial charge in [0.25, 0.3) is 5.91 Å². The summed E-state index contributed by atoms with van der Waals surface area (Å²) < 4.78 is 15.0. The highest BCUT2D eigenvalue weighted by Crippen LogP contribution is 2.31. The molecule has 1 amide bonds. The van der Waals surface area contributed by atoms with Crippen LogP contribution in [0.25, 0.3) is 15.9 Å². The van der Waals surface area contributed by atoms with Crippen molar-refractivity contribution in [1.82, 2.24) is 20.0 Å². The molecule has 0 radical (unpaired) electrons. The van der Waals surface area contributed by atoms with Crippen LogP contribution in [0.4, 0.5) is 4.39 Å². The number of hydrogen-bond donors (Lipinski definition) is 1. The highest BCUT2D eigenvalue weighted by atomic mass is 35.5. The Labute approximate surface area is 167 Å². The molecular formula is C19H22ClFN4OS. The van der Waals surface area contributed by atoms with Gasteiger partial charge in [-0.1, -0.05) is 0 Å². The van der Waals surface area contributed by atoms with Gasteiger partial charge in [-0.3, -0.25) is 4.79 Å². The molecule has 0 saturated carbocycles. The van der Waals surface area contributed by atoms with Gasteiger partial charge in [-0.2, -0.15) is 5.10 Å². The van der Waals surface area contributed by atoms with Gasteiger partial charge in [-0.05, 0) is 57.1 Å². The standard InChI is InChI=1S/C19H21FN4OS.ClH/c1-12-16-10-17(18(25)23-9-3-4-14(11-23)21-2)26-19(16)24(22-12)15-7-5-13(20)6-8-15;/h5-8,10,14,21H,3-4,9,11H2,1-2H3;1H. The summed E-state index contributed by atoms with van der Waals surface area (Å²) in [7, 11) is 1.94. The Hall–Kier alpha value is -1.96. The summed E-state index contributed by atoms with van der Waals surface area (Å²) >= 11 is 1.45. The van der Waals surface area contributed by atoms with E-state index in [1.54, 1.807) is 16.8 Å². The summed E-state index contributed by atoms with van der Waals surface area (Å²) in [5, 5.41) is 8.81. The summed E-state index contributed by atoms with van der Waals surface area (Å²) in [6.07, 6.45) is 2.12. The predicted molar refractivity (Wildman–Crippen MR) is 109 cm³/mol. The number of hydrogen-bond acceptors (Lipinski definition) is 4. The Morgan fingerprint density at radius 2 is 2.07 bits per heavy atom. The lowest BCUT2D eigenvalue weighted by molar-refractivity contribution is 0.0703. The average Bonchev–Trinajstić information content (AvgIpc) is 3.23. The third kappa shape index (κ3) is 3.72. The number of thiophene rings is 1. The Morgan fingerprint density at radius 1 is 1.33 bits per heavy atom. The van der Waals surface area contributed by atoms with E-state index in [9.17, 15) is 9.18 Å². The number of halogens is 2. The number of nitrogens with zero attached hydrogens (tertiary/aromatic N) is 3. The fourth-order valence-electron chi connectivity index (χ4n) is 3.46. The van der Waals surface area contributed by atoms with Crippen LogP contribution in [0.3, 0.4) is 0 Å². The van der Waals surface area contributed by atoms with E-state index < -0.39 is 0 Å². The smallest absolute Gasteiger partial charge is 0.264 e. The van der Waals surface area contributed by atoms with Gasteiger partial charge in [0.15, 0.2) is 0 Å². The molecule has 1 unspecified atom stereocenters. The number of piperidine rings is 1. The van der Waals surface area contributed by atoms with Gasteiger partial charge in [0.1, 0.15) is 10.6 Å². The lowest BCUT2D eigenvalue weighted by atomic mass is 10.1. The first-order valence-corrected chi connectivity index (χ1v) is 9.60. The molecule has 2 aromatic heterocycles. The molecule has 1 saturated heterocycles. The number of rotatable bonds is 3. The number of fused-ring (bicyclic) bond motifs is 1. The molecule has 1 atom stereocenters. The van der Waals surface area contributed by atoms with Gasteiger partial charge >= 0.3 is 0 Å². The van der Waals surface area contributed by atoms with Crippen molar-refractivity contribution in [3.05, 3.63) is 46.7 Å². The molecule has 1 aromatic carbocycles. The number of carbonyl (C=O) groups is 1. The van der Waals surface area contributed by atoms with Crippen molar-refractivity contribution in [2.45, 2.75) is 25.8 Å². The van der Waals surface area contributed by atoms with Gasteiger partial charge in [-0.15, -0.1) is 23.7 Å². The number of carbonyl (C=O) groups excluding carboxylic acids is 1. The molecule has 144 valence electrons. The first kappa shape index (κ1) is 19.8. The van der Waals surface area contributed by atoms with Crippen LogP contribution in [0.5, 0.6) is 0 Å². The van der Waals surface area contributed by atoms with Crippen LogP contribution in [-0.4, -0.2) is 46.8 Å². The maximum Gasteiger partial charge on any atom is 0.264 e. The first-order chi connectivity index (χ1) is 12.6. The fourth-order valence-corrected chi connectivity index (χ4v) is 4.61. The molecule has 1 aliphatic heterocycles. The van der Waals surface area contributed by atoms with Crippen LogP contribution < -0.4 is 5.32 Å². The second-order valence-corrected chi connectivity index (χ2v) is 7.71. The zero-order chi connectivity index (χ0) is 18.3. The maximum absolute atomic E-state index is 13.2. The Morgan fingerprint density at radius 3 is 2.78 bits per heavy atom. The molecule has 1 N–H and O–H groups in total. The summed E-state index contributed by atoms with van der Waals surface area (Å²) in [6, 6.07) is 8.54. The summed E-state index contributed by atoms with van der Waals surface area (Å²) in [4.78, 5) is 16.5. The monoisotopic (exact) mass is 408 g/mol. The van der Waals surface area contributed by atoms with E-state index in [1.165, 1.54) is 23.5 Å². The molecular weight excluding hydrogens is 387 g/mol. The minimum Gasteiger partial charge on any atom is -0.336 e. The summed E-state index contributed by atoms with van der Waals surface area (Å²) in [5.74, 6) is -0.198. The van der Waals surface area contributed by atoms with Crippen molar-refractivity contribution in [1.29, 1.82) is 0 Å². The van der Waals surface area contributed by atoms with Crippen molar-refractivity contribution in [3.63, 3.8) is 0 Å². The minimum atomic E-state index is -0.278. The predicted octanol–water partition coefficient (Wildman–Crippen LogP) is 3.78. The average molecular weight is 409 g/mol. The van der Waals surface area contributed by atoms with E-state index in [0.29, 0.717) is 6.04 Å². The molecule has 1 fully saturated rings. The van der Waals surface area contributed by atoms with Crippen LogP contribution >= 0.6 is 23.7 Å². The van der Waals surface area contributed by atoms with E-state index in [4.69, 9.17) is 0 Å². The highest BCUT2D eigenvalue weighted by molar-refractivity contribution is 7.20. The zero-order valence-electron chi connectivity index (χ0n) is 15.2. The van der Waals surface area contributed by atoms with E-state index >= 15 is 0 Å². The van der Waals surface area contributed by atoms with Crippen LogP contribution in [-0.2, 0) is 0 Å². The van der Waals surface area contributed by atoms with Gasteiger partial charge in [-0.25, -0.2) is 9.07 Å². The van der Waals surface area contributed by atoms with Gasteiger partial charge in [0.2, 0.25) is 0 Å². The SMILES string of the molecule is CNC1CCCN(C(=O)c2cc3c(C)nn(-c4ccc(F)cc4)c3s2)C1.Cl. The van der Waals surface area contributed by atoms with Crippen LogP contribution in [0.15, 0.2) is 30.3 Å². The van der Waals surface area contributed by atoms with Crippen molar-refractivity contribution < 1.29 is 9.18 Å². The number of amides is 1. The Kier molecular flexibility index (Phi) is 5.83. The lowest BCUT2D eigenvalue weighted by Gasteiger charge is -2.32. The molecule has 1 aliphatic rings. The molecule has 0 aliphatic carbocycles. The fraction of sp³-hybridized carbons (Fsp3) is 0.368.